The molecule has 3 amide bonds. The quantitative estimate of drug-likeness (QED) is 0.141. The highest BCUT2D eigenvalue weighted by Gasteiger charge is 2.60. The molecule has 1 saturated carbocycles. The van der Waals surface area contributed by atoms with Crippen LogP contribution in [-0.2, 0) is 37.0 Å². The van der Waals surface area contributed by atoms with E-state index in [9.17, 15) is 19.2 Å². The van der Waals surface area contributed by atoms with Gasteiger partial charge in [-0.15, -0.1) is 0 Å². The van der Waals surface area contributed by atoms with Crippen molar-refractivity contribution in [1.29, 1.82) is 0 Å². The lowest BCUT2D eigenvalue weighted by Gasteiger charge is -2.41. The summed E-state index contributed by atoms with van der Waals surface area (Å²) >= 11 is 0. The van der Waals surface area contributed by atoms with E-state index in [0.717, 1.165) is 11.1 Å². The Hall–Kier alpha value is -4.45. The van der Waals surface area contributed by atoms with Gasteiger partial charge < -0.3 is 19.1 Å². The summed E-state index contributed by atoms with van der Waals surface area (Å²) in [5.41, 5.74) is 1.01. The molecule has 212 valence electrons. The Morgan fingerprint density at radius 3 is 2.00 bits per heavy atom. The maximum atomic E-state index is 12.6. The zero-order valence-corrected chi connectivity index (χ0v) is 22.3. The Balaban J connectivity index is 1.34. The average molecular weight is 552 g/mol. The van der Waals surface area contributed by atoms with E-state index >= 15 is 0 Å². The number of benzene rings is 2. The average Bonchev–Trinajstić information content (AvgIpc) is 3.75. The fourth-order valence-corrected chi connectivity index (χ4v) is 4.58. The van der Waals surface area contributed by atoms with E-state index in [1.807, 2.05) is 60.7 Å². The number of aliphatic imine (C=N–C) groups is 1. The summed E-state index contributed by atoms with van der Waals surface area (Å²) < 4.78 is 15.4. The zero-order chi connectivity index (χ0) is 28.4. The number of hydrogen-bond acceptors (Lipinski definition) is 9. The molecule has 1 unspecified atom stereocenters. The van der Waals surface area contributed by atoms with Gasteiger partial charge in [-0.3, -0.25) is 30.5 Å². The second-order valence-electron chi connectivity index (χ2n) is 9.44. The van der Waals surface area contributed by atoms with Gasteiger partial charge in [0.25, 0.3) is 0 Å². The van der Waals surface area contributed by atoms with Crippen molar-refractivity contribution in [3.63, 3.8) is 0 Å². The van der Waals surface area contributed by atoms with Crippen molar-refractivity contribution in [3.05, 3.63) is 71.8 Å². The maximum Gasteiger partial charge on any atom is 0.414 e. The van der Waals surface area contributed by atoms with Gasteiger partial charge in [0.15, 0.2) is 0 Å². The number of esters is 1. The van der Waals surface area contributed by atoms with Gasteiger partial charge in [-0.25, -0.2) is 9.59 Å². The van der Waals surface area contributed by atoms with Gasteiger partial charge in [0, 0.05) is 13.1 Å². The van der Waals surface area contributed by atoms with Gasteiger partial charge in [0.05, 0.1) is 19.2 Å². The molecule has 40 heavy (non-hydrogen) atoms. The van der Waals surface area contributed by atoms with Gasteiger partial charge in [-0.1, -0.05) is 60.7 Å². The number of piperazine rings is 1. The number of guanidine groups is 1. The van der Waals surface area contributed by atoms with Crippen LogP contribution in [0.5, 0.6) is 0 Å². The van der Waals surface area contributed by atoms with Crippen LogP contribution in [-0.4, -0.2) is 73.2 Å². The monoisotopic (exact) mass is 551 g/mol. The van der Waals surface area contributed by atoms with Crippen LogP contribution in [0.3, 0.4) is 0 Å². The molecule has 1 atom stereocenters. The SMILES string of the molecule is COC(=O)C1NCC(=O)N(CCCN=C(NC(=O)OCc2ccccc2)NC(=O)OCc2ccccc2)C12CC2. The molecule has 1 aliphatic carbocycles. The second-order valence-corrected chi connectivity index (χ2v) is 9.44. The zero-order valence-electron chi connectivity index (χ0n) is 22.3. The predicted molar refractivity (Wildman–Crippen MR) is 144 cm³/mol. The minimum atomic E-state index is -0.805. The fourth-order valence-electron chi connectivity index (χ4n) is 4.58. The lowest BCUT2D eigenvalue weighted by molar-refractivity contribution is -0.151. The lowest BCUT2D eigenvalue weighted by Crippen LogP contribution is -2.65. The predicted octanol–water partition coefficient (Wildman–Crippen LogP) is 2.09. The van der Waals surface area contributed by atoms with E-state index in [1.54, 1.807) is 4.90 Å². The molecule has 12 nitrogen and oxygen atoms in total. The maximum absolute atomic E-state index is 12.6. The number of nitrogens with one attached hydrogen (secondary N) is 3. The van der Waals surface area contributed by atoms with Crippen LogP contribution in [0.4, 0.5) is 9.59 Å². The van der Waals surface area contributed by atoms with E-state index in [4.69, 9.17) is 14.2 Å². The number of rotatable bonds is 9. The number of ether oxygens (including phenoxy) is 3. The third kappa shape index (κ3) is 7.56. The summed E-state index contributed by atoms with van der Waals surface area (Å²) in [6.45, 7) is 0.630. The molecule has 1 aliphatic heterocycles. The highest BCUT2D eigenvalue weighted by Crippen LogP contribution is 2.46. The summed E-state index contributed by atoms with van der Waals surface area (Å²) in [5, 5.41) is 7.88. The molecule has 0 radical (unpaired) electrons. The first-order chi connectivity index (χ1) is 19.4. The number of hydrogen-bond donors (Lipinski definition) is 3. The molecule has 12 heteroatoms. The third-order valence-corrected chi connectivity index (χ3v) is 6.71. The molecule has 2 fully saturated rings. The van der Waals surface area contributed by atoms with Crippen molar-refractivity contribution in [1.82, 2.24) is 20.9 Å². The minimum absolute atomic E-state index is 0.0347. The van der Waals surface area contributed by atoms with Crippen molar-refractivity contribution in [2.75, 3.05) is 26.7 Å². The van der Waals surface area contributed by atoms with Crippen LogP contribution < -0.4 is 16.0 Å². The van der Waals surface area contributed by atoms with Crippen molar-refractivity contribution < 1.29 is 33.4 Å². The van der Waals surface area contributed by atoms with E-state index in [2.05, 4.69) is 20.9 Å². The number of carbonyl (C=O) groups excluding carboxylic acids is 4. The third-order valence-electron chi connectivity index (χ3n) is 6.71. The van der Waals surface area contributed by atoms with Gasteiger partial charge in [0.1, 0.15) is 19.3 Å². The van der Waals surface area contributed by atoms with Crippen molar-refractivity contribution in [2.24, 2.45) is 4.99 Å². The molecule has 2 aromatic rings. The summed E-state index contributed by atoms with van der Waals surface area (Å²) in [6, 6.07) is 17.7. The van der Waals surface area contributed by atoms with Gasteiger partial charge in [-0.05, 0) is 30.4 Å². The molecule has 0 bridgehead atoms. The largest absolute Gasteiger partial charge is 0.468 e. The molecule has 3 N–H and O–H groups in total. The van der Waals surface area contributed by atoms with Crippen molar-refractivity contribution in [3.8, 4) is 0 Å². The molecule has 1 saturated heterocycles. The topological polar surface area (TPSA) is 148 Å². The molecular formula is C28H33N5O7. The first-order valence-electron chi connectivity index (χ1n) is 13.0. The number of carbonyl (C=O) groups is 4. The smallest absolute Gasteiger partial charge is 0.414 e. The normalized spacial score (nSPS) is 17.0. The summed E-state index contributed by atoms with van der Waals surface area (Å²) in [6.07, 6.45) is 0.210. The van der Waals surface area contributed by atoms with Gasteiger partial charge >= 0.3 is 18.2 Å². The molecule has 1 heterocycles. The standard InChI is InChI=1S/C28H33N5O7/c1-38-24(35)23-28(13-14-28)33(22(34)17-30-23)16-8-15-29-25(31-26(36)39-18-20-9-4-2-5-10-20)32-27(37)40-19-21-11-6-3-7-12-21/h2-7,9-12,23,30H,8,13-19H2,1H3,(H2,29,31,32,36,37). The van der Waals surface area contributed by atoms with Crippen molar-refractivity contribution in [2.45, 2.75) is 44.1 Å². The first kappa shape index (κ1) is 28.6. The van der Waals surface area contributed by atoms with E-state index < -0.39 is 29.7 Å². The Morgan fingerprint density at radius 2 is 1.50 bits per heavy atom. The number of amides is 3. The Morgan fingerprint density at radius 1 is 0.950 bits per heavy atom. The fraction of sp³-hybridized carbons (Fsp3) is 0.393. The summed E-state index contributed by atoms with van der Waals surface area (Å²) in [4.78, 5) is 55.7. The van der Waals surface area contributed by atoms with E-state index in [1.165, 1.54) is 7.11 Å². The van der Waals surface area contributed by atoms with Crippen LogP contribution in [0.1, 0.15) is 30.4 Å². The minimum Gasteiger partial charge on any atom is -0.468 e. The molecule has 0 aromatic heterocycles. The molecule has 2 aromatic carbocycles. The molecular weight excluding hydrogens is 518 g/mol. The van der Waals surface area contributed by atoms with Gasteiger partial charge in [0.2, 0.25) is 11.9 Å². The molecule has 2 aliphatic rings. The van der Waals surface area contributed by atoms with E-state index in [-0.39, 0.29) is 38.2 Å². The summed E-state index contributed by atoms with van der Waals surface area (Å²) in [5.74, 6) is -0.643. The Bertz CT molecular complexity index is 1160. The van der Waals surface area contributed by atoms with Gasteiger partial charge in [-0.2, -0.15) is 0 Å². The Kier molecular flexibility index (Phi) is 9.68. The number of methoxy groups -OCH3 is 1. The second kappa shape index (κ2) is 13.6. The highest BCUT2D eigenvalue weighted by atomic mass is 16.6. The van der Waals surface area contributed by atoms with Crippen LogP contribution in [0.2, 0.25) is 0 Å². The Labute approximate surface area is 232 Å². The van der Waals surface area contributed by atoms with Crippen molar-refractivity contribution >= 4 is 30.0 Å². The highest BCUT2D eigenvalue weighted by molar-refractivity contribution is 6.01. The van der Waals surface area contributed by atoms with Crippen LogP contribution >= 0.6 is 0 Å². The number of nitrogens with zero attached hydrogens (tertiary/aromatic N) is 2. The molecule has 4 rings (SSSR count). The first-order valence-corrected chi connectivity index (χ1v) is 13.0. The molecule has 1 spiro atoms. The van der Waals surface area contributed by atoms with E-state index in [0.29, 0.717) is 25.8 Å². The number of alkyl carbamates (subject to hydrolysis) is 2. The van der Waals surface area contributed by atoms with Crippen LogP contribution in [0.15, 0.2) is 65.7 Å². The lowest BCUT2D eigenvalue weighted by atomic mass is 10.00. The van der Waals surface area contributed by atoms with Crippen LogP contribution in [0, 0.1) is 0 Å². The van der Waals surface area contributed by atoms with Crippen LogP contribution in [0.25, 0.3) is 0 Å². The summed E-state index contributed by atoms with van der Waals surface area (Å²) in [7, 11) is 1.33.